The van der Waals surface area contributed by atoms with Crippen molar-refractivity contribution in [2.45, 2.75) is 32.2 Å². The van der Waals surface area contributed by atoms with E-state index in [9.17, 15) is 14.7 Å². The molecule has 6 heteroatoms. The Morgan fingerprint density at radius 1 is 1.27 bits per heavy atom. The Balaban J connectivity index is 1.86. The monoisotopic (exact) mass is 299 g/mol. The van der Waals surface area contributed by atoms with Gasteiger partial charge in [0.15, 0.2) is 5.69 Å². The predicted octanol–water partition coefficient (Wildman–Crippen LogP) is 2.07. The number of nitrogens with one attached hydrogen (secondary N) is 2. The number of hydrogen-bond acceptors (Lipinski definition) is 3. The second-order valence-corrected chi connectivity index (χ2v) is 5.60. The lowest BCUT2D eigenvalue weighted by atomic mass is 10.0. The Labute approximate surface area is 127 Å². The van der Waals surface area contributed by atoms with Crippen molar-refractivity contribution in [2.75, 3.05) is 0 Å². The number of amides is 1. The molecule has 6 nitrogen and oxygen atoms in total. The Bertz CT molecular complexity index is 751. The standard InChI is InChI=1S/C16H17N3O3/c1-8-9(2)18-19-14(8)15(20)17-13-7-12(16(21)22)10-5-3-4-6-11(10)13/h3-6,12-13H,7H2,1-2H3,(H,17,20)(H,18,19)(H,21,22). The molecule has 0 bridgehead atoms. The van der Waals surface area contributed by atoms with Crippen LogP contribution in [-0.4, -0.2) is 27.2 Å². The molecule has 1 aliphatic carbocycles. The maximum absolute atomic E-state index is 12.4. The lowest BCUT2D eigenvalue weighted by Gasteiger charge is -2.13. The van der Waals surface area contributed by atoms with Crippen LogP contribution in [0, 0.1) is 13.8 Å². The van der Waals surface area contributed by atoms with Gasteiger partial charge in [0.25, 0.3) is 5.91 Å². The van der Waals surface area contributed by atoms with Crippen LogP contribution >= 0.6 is 0 Å². The van der Waals surface area contributed by atoms with Gasteiger partial charge in [-0.15, -0.1) is 0 Å². The molecule has 2 atom stereocenters. The van der Waals surface area contributed by atoms with Crippen molar-refractivity contribution >= 4 is 11.9 Å². The van der Waals surface area contributed by atoms with Crippen LogP contribution in [0.4, 0.5) is 0 Å². The van der Waals surface area contributed by atoms with Crippen LogP contribution in [0.15, 0.2) is 24.3 Å². The third kappa shape index (κ3) is 2.26. The molecule has 0 aliphatic heterocycles. The lowest BCUT2D eigenvalue weighted by Crippen LogP contribution is -2.28. The maximum Gasteiger partial charge on any atom is 0.311 e. The largest absolute Gasteiger partial charge is 0.481 e. The van der Waals surface area contributed by atoms with Gasteiger partial charge in [-0.25, -0.2) is 0 Å². The van der Waals surface area contributed by atoms with Crippen LogP contribution < -0.4 is 5.32 Å². The average Bonchev–Trinajstić information content (AvgIpc) is 3.01. The lowest BCUT2D eigenvalue weighted by molar-refractivity contribution is -0.138. The van der Waals surface area contributed by atoms with Crippen LogP contribution in [0.1, 0.15) is 51.3 Å². The smallest absolute Gasteiger partial charge is 0.311 e. The van der Waals surface area contributed by atoms with E-state index < -0.39 is 11.9 Å². The molecule has 3 rings (SSSR count). The van der Waals surface area contributed by atoms with E-state index in [4.69, 9.17) is 0 Å². The van der Waals surface area contributed by atoms with E-state index in [1.165, 1.54) is 0 Å². The zero-order chi connectivity index (χ0) is 15.9. The second-order valence-electron chi connectivity index (χ2n) is 5.60. The van der Waals surface area contributed by atoms with Crippen LogP contribution in [0.2, 0.25) is 0 Å². The first-order chi connectivity index (χ1) is 10.5. The van der Waals surface area contributed by atoms with Gasteiger partial charge in [-0.05, 0) is 31.4 Å². The molecule has 3 N–H and O–H groups in total. The fourth-order valence-corrected chi connectivity index (χ4v) is 2.94. The average molecular weight is 299 g/mol. The summed E-state index contributed by atoms with van der Waals surface area (Å²) in [5.41, 5.74) is 3.65. The van der Waals surface area contributed by atoms with E-state index >= 15 is 0 Å². The summed E-state index contributed by atoms with van der Waals surface area (Å²) in [5.74, 6) is -1.73. The number of fused-ring (bicyclic) bond motifs is 1. The summed E-state index contributed by atoms with van der Waals surface area (Å²) >= 11 is 0. The van der Waals surface area contributed by atoms with Crippen molar-refractivity contribution in [1.82, 2.24) is 15.5 Å². The summed E-state index contributed by atoms with van der Waals surface area (Å²) in [6, 6.07) is 7.05. The number of carboxylic acids is 1. The van der Waals surface area contributed by atoms with Gasteiger partial charge in [0, 0.05) is 11.3 Å². The first kappa shape index (κ1) is 14.3. The number of hydrogen-bond donors (Lipinski definition) is 3. The summed E-state index contributed by atoms with van der Waals surface area (Å²) in [5, 5.41) is 19.0. The number of benzene rings is 1. The summed E-state index contributed by atoms with van der Waals surface area (Å²) in [6.07, 6.45) is 0.364. The highest BCUT2D eigenvalue weighted by Crippen LogP contribution is 2.40. The van der Waals surface area contributed by atoms with Crippen molar-refractivity contribution in [3.05, 3.63) is 52.3 Å². The van der Waals surface area contributed by atoms with Gasteiger partial charge in [-0.1, -0.05) is 24.3 Å². The van der Waals surface area contributed by atoms with Crippen LogP contribution in [0.5, 0.6) is 0 Å². The van der Waals surface area contributed by atoms with Gasteiger partial charge in [-0.3, -0.25) is 14.7 Å². The summed E-state index contributed by atoms with van der Waals surface area (Å²) in [6.45, 7) is 3.68. The van der Waals surface area contributed by atoms with Gasteiger partial charge < -0.3 is 10.4 Å². The third-order valence-corrected chi connectivity index (χ3v) is 4.29. The number of nitrogens with zero attached hydrogens (tertiary/aromatic N) is 1. The topological polar surface area (TPSA) is 95.1 Å². The first-order valence-electron chi connectivity index (χ1n) is 7.13. The van der Waals surface area contributed by atoms with E-state index in [2.05, 4.69) is 15.5 Å². The van der Waals surface area contributed by atoms with Crippen LogP contribution in [-0.2, 0) is 4.79 Å². The number of aryl methyl sites for hydroxylation is 1. The van der Waals surface area contributed by atoms with Crippen LogP contribution in [0.25, 0.3) is 0 Å². The Kier molecular flexibility index (Phi) is 3.44. The fraction of sp³-hybridized carbons (Fsp3) is 0.312. The van der Waals surface area contributed by atoms with Gasteiger partial charge in [0.1, 0.15) is 0 Å². The number of carbonyl (C=O) groups excluding carboxylic acids is 1. The Morgan fingerprint density at radius 2 is 1.95 bits per heavy atom. The molecule has 1 aromatic carbocycles. The van der Waals surface area contributed by atoms with Crippen molar-refractivity contribution in [1.29, 1.82) is 0 Å². The maximum atomic E-state index is 12.4. The van der Waals surface area contributed by atoms with Crippen molar-refractivity contribution < 1.29 is 14.7 Å². The molecule has 0 radical (unpaired) electrons. The third-order valence-electron chi connectivity index (χ3n) is 4.29. The quantitative estimate of drug-likeness (QED) is 0.808. The van der Waals surface area contributed by atoms with Crippen LogP contribution in [0.3, 0.4) is 0 Å². The summed E-state index contributed by atoms with van der Waals surface area (Å²) < 4.78 is 0. The molecule has 114 valence electrons. The van der Waals surface area contributed by atoms with Crippen molar-refractivity contribution in [2.24, 2.45) is 0 Å². The SMILES string of the molecule is Cc1[nH]nc(C(=O)NC2CC(C(=O)O)c3ccccc32)c1C. The Hall–Kier alpha value is -2.63. The molecule has 1 aliphatic rings. The Morgan fingerprint density at radius 3 is 2.55 bits per heavy atom. The van der Waals surface area contributed by atoms with E-state index in [0.29, 0.717) is 12.1 Å². The molecule has 22 heavy (non-hydrogen) atoms. The van der Waals surface area contributed by atoms with E-state index in [1.54, 1.807) is 0 Å². The highest BCUT2D eigenvalue weighted by atomic mass is 16.4. The minimum atomic E-state index is -0.865. The minimum absolute atomic E-state index is 0.285. The number of H-pyrrole nitrogens is 1. The molecule has 0 fully saturated rings. The number of rotatable bonds is 3. The highest BCUT2D eigenvalue weighted by Gasteiger charge is 2.36. The fourth-order valence-electron chi connectivity index (χ4n) is 2.94. The molecular weight excluding hydrogens is 282 g/mol. The molecule has 1 amide bonds. The van der Waals surface area contributed by atoms with Gasteiger partial charge in [0.2, 0.25) is 0 Å². The normalized spacial score (nSPS) is 19.7. The molecule has 2 aromatic rings. The van der Waals surface area contributed by atoms with Gasteiger partial charge in [0.05, 0.1) is 12.0 Å². The van der Waals surface area contributed by atoms with E-state index in [1.807, 2.05) is 38.1 Å². The highest BCUT2D eigenvalue weighted by molar-refractivity contribution is 5.94. The number of aromatic amines is 1. The zero-order valence-electron chi connectivity index (χ0n) is 12.4. The number of aromatic nitrogens is 2. The number of aliphatic carboxylic acids is 1. The second kappa shape index (κ2) is 5.29. The summed E-state index contributed by atoms with van der Waals surface area (Å²) in [7, 11) is 0. The zero-order valence-corrected chi connectivity index (χ0v) is 12.4. The van der Waals surface area contributed by atoms with Crippen molar-refractivity contribution in [3.63, 3.8) is 0 Å². The van der Waals surface area contributed by atoms with E-state index in [0.717, 1.165) is 22.4 Å². The molecular formula is C16H17N3O3. The molecule has 0 saturated heterocycles. The van der Waals surface area contributed by atoms with Gasteiger partial charge in [-0.2, -0.15) is 5.10 Å². The molecule has 1 aromatic heterocycles. The first-order valence-corrected chi connectivity index (χ1v) is 7.13. The number of carbonyl (C=O) groups is 2. The van der Waals surface area contributed by atoms with E-state index in [-0.39, 0.29) is 11.9 Å². The van der Waals surface area contributed by atoms with Crippen molar-refractivity contribution in [3.8, 4) is 0 Å². The number of carboxylic acid groups (broad SMARTS) is 1. The molecule has 0 saturated carbocycles. The molecule has 2 unspecified atom stereocenters. The molecule has 1 heterocycles. The minimum Gasteiger partial charge on any atom is -0.481 e. The predicted molar refractivity (Wildman–Crippen MR) is 79.7 cm³/mol. The van der Waals surface area contributed by atoms with Gasteiger partial charge >= 0.3 is 5.97 Å². The molecule has 0 spiro atoms. The summed E-state index contributed by atoms with van der Waals surface area (Å²) in [4.78, 5) is 23.8.